The fourth-order valence-corrected chi connectivity index (χ4v) is 2.87. The van der Waals surface area contributed by atoms with Crippen molar-refractivity contribution in [2.75, 3.05) is 0 Å². The zero-order valence-electron chi connectivity index (χ0n) is 14.6. The molecule has 0 saturated heterocycles. The monoisotopic (exact) mass is 319 g/mol. The van der Waals surface area contributed by atoms with E-state index in [4.69, 9.17) is 0 Å². The summed E-state index contributed by atoms with van der Waals surface area (Å²) >= 11 is 0. The van der Waals surface area contributed by atoms with Gasteiger partial charge in [-0.2, -0.15) is 5.10 Å². The Bertz CT molecular complexity index is 758. The van der Waals surface area contributed by atoms with Crippen LogP contribution in [0.3, 0.4) is 0 Å². The third-order valence-corrected chi connectivity index (χ3v) is 4.41. The van der Waals surface area contributed by atoms with E-state index in [1.165, 1.54) is 16.7 Å². The smallest absolute Gasteiger partial charge is 0.0693 e. The summed E-state index contributed by atoms with van der Waals surface area (Å²) < 4.78 is 1.92. The maximum atomic E-state index is 4.36. The first-order valence-corrected chi connectivity index (χ1v) is 8.56. The lowest BCUT2D eigenvalue weighted by molar-refractivity contribution is 0.570. The summed E-state index contributed by atoms with van der Waals surface area (Å²) in [6.07, 6.45) is 3.79. The van der Waals surface area contributed by atoms with Gasteiger partial charge in [-0.15, -0.1) is 0 Å². The molecule has 0 saturated carbocycles. The van der Waals surface area contributed by atoms with Crippen LogP contribution in [-0.2, 0) is 6.54 Å². The van der Waals surface area contributed by atoms with Gasteiger partial charge in [-0.05, 0) is 41.7 Å². The first-order valence-electron chi connectivity index (χ1n) is 8.56. The Hall–Kier alpha value is -2.39. The van der Waals surface area contributed by atoms with Crippen LogP contribution in [0.25, 0.3) is 5.69 Å². The van der Waals surface area contributed by atoms with E-state index in [1.54, 1.807) is 0 Å². The molecule has 3 heteroatoms. The second-order valence-corrected chi connectivity index (χ2v) is 6.51. The fraction of sp³-hybridized carbons (Fsp3) is 0.286. The summed E-state index contributed by atoms with van der Waals surface area (Å²) in [5.41, 5.74) is 5.07. The van der Waals surface area contributed by atoms with E-state index < -0.39 is 0 Å². The highest BCUT2D eigenvalue weighted by atomic mass is 15.3. The molecule has 24 heavy (non-hydrogen) atoms. The SMILES string of the molecule is CC(C)c1ccc(CN[C@@H](C)c2ccccc2-n2cccn2)cc1. The average molecular weight is 319 g/mol. The molecular weight excluding hydrogens is 294 g/mol. The molecule has 0 aliphatic heterocycles. The van der Waals surface area contributed by atoms with E-state index in [0.29, 0.717) is 5.92 Å². The van der Waals surface area contributed by atoms with Crippen LogP contribution in [0.15, 0.2) is 67.0 Å². The molecule has 1 aromatic heterocycles. The first kappa shape index (κ1) is 16.5. The van der Waals surface area contributed by atoms with E-state index in [-0.39, 0.29) is 6.04 Å². The number of hydrogen-bond donors (Lipinski definition) is 1. The summed E-state index contributed by atoms with van der Waals surface area (Å²) in [7, 11) is 0. The minimum Gasteiger partial charge on any atom is -0.306 e. The maximum absolute atomic E-state index is 4.36. The number of benzene rings is 2. The molecular formula is C21H25N3. The van der Waals surface area contributed by atoms with Crippen molar-refractivity contribution in [3.05, 3.63) is 83.7 Å². The Kier molecular flexibility index (Phi) is 5.11. The molecule has 0 fully saturated rings. The molecule has 0 aliphatic carbocycles. The Morgan fingerprint density at radius 3 is 2.38 bits per heavy atom. The Balaban J connectivity index is 1.70. The highest BCUT2D eigenvalue weighted by Gasteiger charge is 2.11. The van der Waals surface area contributed by atoms with Crippen molar-refractivity contribution in [1.82, 2.24) is 15.1 Å². The molecule has 0 spiro atoms. The summed E-state index contributed by atoms with van der Waals surface area (Å²) in [6.45, 7) is 7.50. The van der Waals surface area contributed by atoms with Crippen molar-refractivity contribution < 1.29 is 0 Å². The molecule has 3 aromatic rings. The summed E-state index contributed by atoms with van der Waals surface area (Å²) in [5.74, 6) is 0.576. The van der Waals surface area contributed by atoms with Crippen molar-refractivity contribution in [2.24, 2.45) is 0 Å². The fourth-order valence-electron chi connectivity index (χ4n) is 2.87. The molecule has 3 rings (SSSR count). The molecule has 1 N–H and O–H groups in total. The van der Waals surface area contributed by atoms with Gasteiger partial charge in [0.25, 0.3) is 0 Å². The largest absolute Gasteiger partial charge is 0.306 e. The molecule has 0 radical (unpaired) electrons. The molecule has 0 unspecified atom stereocenters. The lowest BCUT2D eigenvalue weighted by atomic mass is 10.0. The van der Waals surface area contributed by atoms with Crippen LogP contribution >= 0.6 is 0 Å². The van der Waals surface area contributed by atoms with Gasteiger partial charge in [0.05, 0.1) is 5.69 Å². The second kappa shape index (κ2) is 7.45. The number of aromatic nitrogens is 2. The zero-order chi connectivity index (χ0) is 16.9. The minimum absolute atomic E-state index is 0.246. The van der Waals surface area contributed by atoms with Crippen LogP contribution in [0.5, 0.6) is 0 Å². The maximum Gasteiger partial charge on any atom is 0.0693 e. The summed E-state index contributed by atoms with van der Waals surface area (Å²) in [6, 6.07) is 19.5. The lowest BCUT2D eigenvalue weighted by Gasteiger charge is -2.18. The van der Waals surface area contributed by atoms with Gasteiger partial charge >= 0.3 is 0 Å². The summed E-state index contributed by atoms with van der Waals surface area (Å²) in [5, 5.41) is 7.99. The van der Waals surface area contributed by atoms with Crippen LogP contribution in [0, 0.1) is 0 Å². The lowest BCUT2D eigenvalue weighted by Crippen LogP contribution is -2.19. The van der Waals surface area contributed by atoms with Gasteiger partial charge in [0.15, 0.2) is 0 Å². The molecule has 1 heterocycles. The number of para-hydroxylation sites is 1. The van der Waals surface area contributed by atoms with Gasteiger partial charge in [0.2, 0.25) is 0 Å². The second-order valence-electron chi connectivity index (χ2n) is 6.51. The predicted octanol–water partition coefficient (Wildman–Crippen LogP) is 4.85. The molecule has 1 atom stereocenters. The Labute approximate surface area is 144 Å². The Morgan fingerprint density at radius 2 is 1.71 bits per heavy atom. The van der Waals surface area contributed by atoms with Gasteiger partial charge in [-0.1, -0.05) is 56.3 Å². The standard InChI is InChI=1S/C21H25N3/c1-16(2)19-11-9-18(10-12-19)15-22-17(3)20-7-4-5-8-21(20)24-14-6-13-23-24/h4-14,16-17,22H,15H2,1-3H3/t17-/m0/s1. The van der Waals surface area contributed by atoms with Gasteiger partial charge in [-0.3, -0.25) is 0 Å². The van der Waals surface area contributed by atoms with E-state index >= 15 is 0 Å². The predicted molar refractivity (Wildman–Crippen MR) is 99.3 cm³/mol. The van der Waals surface area contributed by atoms with Crippen LogP contribution in [0.4, 0.5) is 0 Å². The first-order chi connectivity index (χ1) is 11.6. The third kappa shape index (κ3) is 3.74. The van der Waals surface area contributed by atoms with E-state index in [1.807, 2.05) is 23.1 Å². The molecule has 0 aliphatic rings. The molecule has 2 aromatic carbocycles. The minimum atomic E-state index is 0.246. The molecule has 124 valence electrons. The highest BCUT2D eigenvalue weighted by Crippen LogP contribution is 2.21. The highest BCUT2D eigenvalue weighted by molar-refractivity contribution is 5.42. The van der Waals surface area contributed by atoms with Crippen molar-refractivity contribution >= 4 is 0 Å². The van der Waals surface area contributed by atoms with Crippen LogP contribution < -0.4 is 5.32 Å². The van der Waals surface area contributed by atoms with Gasteiger partial charge in [0.1, 0.15) is 0 Å². The zero-order valence-corrected chi connectivity index (χ0v) is 14.6. The normalized spacial score (nSPS) is 12.5. The number of nitrogens with zero attached hydrogens (tertiary/aromatic N) is 2. The average Bonchev–Trinajstić information content (AvgIpc) is 3.14. The van der Waals surface area contributed by atoms with Crippen molar-refractivity contribution in [1.29, 1.82) is 0 Å². The van der Waals surface area contributed by atoms with Gasteiger partial charge < -0.3 is 5.32 Å². The van der Waals surface area contributed by atoms with E-state index in [2.05, 4.69) is 79.7 Å². The summed E-state index contributed by atoms with van der Waals surface area (Å²) in [4.78, 5) is 0. The topological polar surface area (TPSA) is 29.9 Å². The van der Waals surface area contributed by atoms with Crippen molar-refractivity contribution in [3.63, 3.8) is 0 Å². The Morgan fingerprint density at radius 1 is 0.958 bits per heavy atom. The van der Waals surface area contributed by atoms with Crippen LogP contribution in [-0.4, -0.2) is 9.78 Å². The number of nitrogens with one attached hydrogen (secondary N) is 1. The molecule has 3 nitrogen and oxygen atoms in total. The molecule has 0 bridgehead atoms. The van der Waals surface area contributed by atoms with E-state index in [0.717, 1.165) is 12.2 Å². The third-order valence-electron chi connectivity index (χ3n) is 4.41. The van der Waals surface area contributed by atoms with Gasteiger partial charge in [0, 0.05) is 25.0 Å². The van der Waals surface area contributed by atoms with Gasteiger partial charge in [-0.25, -0.2) is 4.68 Å². The van der Waals surface area contributed by atoms with Crippen molar-refractivity contribution in [2.45, 2.75) is 39.3 Å². The molecule has 0 amide bonds. The quantitative estimate of drug-likeness (QED) is 0.704. The van der Waals surface area contributed by atoms with Crippen molar-refractivity contribution in [3.8, 4) is 5.69 Å². The van der Waals surface area contributed by atoms with Crippen LogP contribution in [0.1, 0.15) is 49.4 Å². The number of rotatable bonds is 6. The number of hydrogen-bond acceptors (Lipinski definition) is 2. The van der Waals surface area contributed by atoms with E-state index in [9.17, 15) is 0 Å². The van der Waals surface area contributed by atoms with Crippen LogP contribution in [0.2, 0.25) is 0 Å².